The van der Waals surface area contributed by atoms with Crippen molar-refractivity contribution in [3.63, 3.8) is 0 Å². The van der Waals surface area contributed by atoms with Crippen molar-refractivity contribution in [1.29, 1.82) is 0 Å². The van der Waals surface area contributed by atoms with Gasteiger partial charge in [-0.25, -0.2) is 4.79 Å². The van der Waals surface area contributed by atoms with Crippen LogP contribution in [0.5, 0.6) is 5.75 Å². The fraction of sp³-hybridized carbons (Fsp3) is 0.316. The zero-order chi connectivity index (χ0) is 19.0. The number of nitrogens with zero attached hydrogens (tertiary/aromatic N) is 1. The lowest BCUT2D eigenvalue weighted by atomic mass is 10.1. The van der Waals surface area contributed by atoms with Gasteiger partial charge >= 0.3 is 5.97 Å². The van der Waals surface area contributed by atoms with E-state index in [1.54, 1.807) is 29.2 Å². The number of amides is 2. The van der Waals surface area contributed by atoms with Crippen LogP contribution in [0.25, 0.3) is 0 Å². The highest BCUT2D eigenvalue weighted by Gasteiger charge is 2.28. The van der Waals surface area contributed by atoms with Crippen LogP contribution in [0.3, 0.4) is 0 Å². The largest absolute Gasteiger partial charge is 0.482 e. The third kappa shape index (κ3) is 3.52. The normalized spacial score (nSPS) is 16.5. The lowest BCUT2D eigenvalue weighted by molar-refractivity contribution is -0.140. The molecule has 2 aliphatic rings. The van der Waals surface area contributed by atoms with Gasteiger partial charge < -0.3 is 19.7 Å². The molecule has 0 saturated heterocycles. The first kappa shape index (κ1) is 17.5. The number of carbonyl (C=O) groups excluding carboxylic acids is 3. The summed E-state index contributed by atoms with van der Waals surface area (Å²) >= 11 is 1.71. The van der Waals surface area contributed by atoms with Crippen molar-refractivity contribution in [2.45, 2.75) is 26.0 Å². The summed E-state index contributed by atoms with van der Waals surface area (Å²) in [5.41, 5.74) is 1.93. The molecule has 1 N–H and O–H groups in total. The Labute approximate surface area is 159 Å². The second-order valence-electron chi connectivity index (χ2n) is 6.47. The number of ether oxygens (including phenoxy) is 2. The summed E-state index contributed by atoms with van der Waals surface area (Å²) in [7, 11) is 0. The second-order valence-corrected chi connectivity index (χ2v) is 7.47. The van der Waals surface area contributed by atoms with Gasteiger partial charge in [0.25, 0.3) is 11.8 Å². The number of fused-ring (bicyclic) bond motifs is 2. The molecule has 0 bridgehead atoms. The highest BCUT2D eigenvalue weighted by Crippen LogP contribution is 2.29. The molecule has 1 atom stereocenters. The van der Waals surface area contributed by atoms with E-state index in [0.717, 1.165) is 12.0 Å². The molecular weight excluding hydrogens is 368 g/mol. The Hall–Kier alpha value is -2.87. The average molecular weight is 386 g/mol. The van der Waals surface area contributed by atoms with E-state index in [9.17, 15) is 14.4 Å². The Morgan fingerprint density at radius 2 is 2.19 bits per heavy atom. The smallest absolute Gasteiger partial charge is 0.339 e. The van der Waals surface area contributed by atoms with Crippen molar-refractivity contribution in [2.24, 2.45) is 0 Å². The summed E-state index contributed by atoms with van der Waals surface area (Å²) < 4.78 is 10.7. The monoisotopic (exact) mass is 386 g/mol. The Morgan fingerprint density at radius 3 is 3.04 bits per heavy atom. The fourth-order valence-corrected chi connectivity index (χ4v) is 4.06. The summed E-state index contributed by atoms with van der Waals surface area (Å²) in [4.78, 5) is 39.4. The first-order valence-corrected chi connectivity index (χ1v) is 9.51. The quantitative estimate of drug-likeness (QED) is 0.818. The van der Waals surface area contributed by atoms with Crippen LogP contribution in [0, 0.1) is 0 Å². The predicted octanol–water partition coefficient (Wildman–Crippen LogP) is 2.21. The van der Waals surface area contributed by atoms with Crippen molar-refractivity contribution >= 4 is 34.8 Å². The molecule has 1 aromatic carbocycles. The molecule has 2 aromatic rings. The Kier molecular flexibility index (Phi) is 4.57. The Balaban J connectivity index is 1.40. The van der Waals surface area contributed by atoms with E-state index in [0.29, 0.717) is 24.5 Å². The standard InChI is InChI=1S/C19H18N2O5S/c1-11(18(23)21-6-4-16-13(9-21)5-7-27-16)26-19(24)12-2-3-14-15(8-12)25-10-17(22)20-14/h2-3,5,7-8,11H,4,6,9-10H2,1H3,(H,20,22). The molecule has 27 heavy (non-hydrogen) atoms. The van der Waals surface area contributed by atoms with Gasteiger partial charge in [-0.2, -0.15) is 0 Å². The minimum Gasteiger partial charge on any atom is -0.482 e. The van der Waals surface area contributed by atoms with Crippen molar-refractivity contribution in [3.8, 4) is 5.75 Å². The minimum atomic E-state index is -0.880. The average Bonchev–Trinajstić information content (AvgIpc) is 3.14. The SMILES string of the molecule is CC(OC(=O)c1ccc2c(c1)OCC(=O)N2)C(=O)N1CCc2sccc2C1. The molecular formula is C19H18N2O5S. The van der Waals surface area contributed by atoms with Crippen LogP contribution in [0.2, 0.25) is 0 Å². The zero-order valence-electron chi connectivity index (χ0n) is 14.7. The van der Waals surface area contributed by atoms with Gasteiger partial charge in [0, 0.05) is 18.0 Å². The fourth-order valence-electron chi connectivity index (χ4n) is 3.17. The maximum absolute atomic E-state index is 12.6. The number of anilines is 1. The molecule has 2 aliphatic heterocycles. The molecule has 4 rings (SSSR count). The van der Waals surface area contributed by atoms with Crippen LogP contribution in [0.4, 0.5) is 5.69 Å². The molecule has 0 saturated carbocycles. The Bertz CT molecular complexity index is 923. The minimum absolute atomic E-state index is 0.0973. The van der Waals surface area contributed by atoms with Crippen LogP contribution in [-0.2, 0) is 27.3 Å². The van der Waals surface area contributed by atoms with E-state index < -0.39 is 12.1 Å². The number of thiophene rings is 1. The molecule has 7 nitrogen and oxygen atoms in total. The van der Waals surface area contributed by atoms with E-state index in [2.05, 4.69) is 5.32 Å². The van der Waals surface area contributed by atoms with Crippen LogP contribution in [0.15, 0.2) is 29.6 Å². The van der Waals surface area contributed by atoms with E-state index in [1.165, 1.54) is 17.0 Å². The molecule has 1 unspecified atom stereocenters. The van der Waals surface area contributed by atoms with E-state index in [1.807, 2.05) is 11.4 Å². The number of esters is 1. The first-order chi connectivity index (χ1) is 13.0. The summed E-state index contributed by atoms with van der Waals surface area (Å²) in [6.07, 6.45) is -0.0536. The molecule has 140 valence electrons. The number of hydrogen-bond donors (Lipinski definition) is 1. The highest BCUT2D eigenvalue weighted by atomic mass is 32.1. The summed E-state index contributed by atoms with van der Waals surface area (Å²) in [5, 5.41) is 4.69. The second kappa shape index (κ2) is 7.03. The van der Waals surface area contributed by atoms with Crippen molar-refractivity contribution in [3.05, 3.63) is 45.6 Å². The summed E-state index contributed by atoms with van der Waals surface area (Å²) in [5.74, 6) is -0.648. The van der Waals surface area contributed by atoms with Gasteiger partial charge in [-0.05, 0) is 48.6 Å². The van der Waals surface area contributed by atoms with Gasteiger partial charge in [0.1, 0.15) is 5.75 Å². The highest BCUT2D eigenvalue weighted by molar-refractivity contribution is 7.10. The van der Waals surface area contributed by atoms with Crippen LogP contribution in [0.1, 0.15) is 27.7 Å². The molecule has 0 fully saturated rings. The van der Waals surface area contributed by atoms with E-state index in [4.69, 9.17) is 9.47 Å². The Morgan fingerprint density at radius 1 is 1.33 bits per heavy atom. The number of benzene rings is 1. The van der Waals surface area contributed by atoms with E-state index >= 15 is 0 Å². The third-order valence-corrected chi connectivity index (χ3v) is 5.62. The summed E-state index contributed by atoms with van der Waals surface area (Å²) in [6.45, 7) is 2.66. The molecule has 3 heterocycles. The van der Waals surface area contributed by atoms with Crippen LogP contribution in [-0.4, -0.2) is 41.9 Å². The lowest BCUT2D eigenvalue weighted by Crippen LogP contribution is -2.42. The van der Waals surface area contributed by atoms with Gasteiger partial charge in [0.2, 0.25) is 0 Å². The van der Waals surface area contributed by atoms with Crippen LogP contribution < -0.4 is 10.1 Å². The molecule has 2 amide bonds. The lowest BCUT2D eigenvalue weighted by Gasteiger charge is -2.29. The van der Waals surface area contributed by atoms with Gasteiger partial charge in [-0.1, -0.05) is 0 Å². The maximum atomic E-state index is 12.6. The number of carbonyl (C=O) groups is 3. The third-order valence-electron chi connectivity index (χ3n) is 4.60. The number of hydrogen-bond acceptors (Lipinski definition) is 6. The maximum Gasteiger partial charge on any atom is 0.339 e. The van der Waals surface area contributed by atoms with Gasteiger partial charge in [0.05, 0.1) is 11.3 Å². The summed E-state index contributed by atoms with van der Waals surface area (Å²) in [6, 6.07) is 6.65. The van der Waals surface area contributed by atoms with Gasteiger partial charge in [0.15, 0.2) is 12.7 Å². The van der Waals surface area contributed by atoms with E-state index in [-0.39, 0.29) is 24.0 Å². The number of rotatable bonds is 3. The number of nitrogens with one attached hydrogen (secondary N) is 1. The zero-order valence-corrected chi connectivity index (χ0v) is 15.5. The molecule has 0 spiro atoms. The van der Waals surface area contributed by atoms with Crippen molar-refractivity contribution in [2.75, 3.05) is 18.5 Å². The van der Waals surface area contributed by atoms with Crippen molar-refractivity contribution in [1.82, 2.24) is 4.90 Å². The topological polar surface area (TPSA) is 84.9 Å². The first-order valence-electron chi connectivity index (χ1n) is 8.63. The van der Waals surface area contributed by atoms with Crippen molar-refractivity contribution < 1.29 is 23.9 Å². The van der Waals surface area contributed by atoms with Crippen LogP contribution >= 0.6 is 11.3 Å². The molecule has 0 radical (unpaired) electrons. The van der Waals surface area contributed by atoms with Gasteiger partial charge in [-0.3, -0.25) is 9.59 Å². The molecule has 0 aliphatic carbocycles. The molecule has 1 aromatic heterocycles. The van der Waals surface area contributed by atoms with Gasteiger partial charge in [-0.15, -0.1) is 11.3 Å². The molecule has 8 heteroatoms. The predicted molar refractivity (Wildman–Crippen MR) is 98.9 cm³/mol.